The molecule has 5 heteroatoms. The SMILES string of the molecule is Cc1ccc(C(=O)N2CCC(C)(C(N)=S)CC2)c(O)c1. The van der Waals surface area contributed by atoms with Crippen molar-refractivity contribution in [2.24, 2.45) is 11.1 Å². The van der Waals surface area contributed by atoms with Crippen LogP contribution in [0.1, 0.15) is 35.7 Å². The number of likely N-dealkylation sites (tertiary alicyclic amines) is 1. The van der Waals surface area contributed by atoms with Gasteiger partial charge in [0.15, 0.2) is 0 Å². The standard InChI is InChI=1S/C15H20N2O2S/c1-10-3-4-11(12(18)9-10)13(19)17-7-5-15(2,6-8-17)14(16)20/h3-4,9,18H,5-8H2,1-2H3,(H2,16,20). The van der Waals surface area contributed by atoms with E-state index in [4.69, 9.17) is 18.0 Å². The zero-order chi connectivity index (χ0) is 14.9. The monoisotopic (exact) mass is 292 g/mol. The van der Waals surface area contributed by atoms with Crippen molar-refractivity contribution >= 4 is 23.1 Å². The van der Waals surface area contributed by atoms with Crippen LogP contribution in [0.15, 0.2) is 18.2 Å². The lowest BCUT2D eigenvalue weighted by Gasteiger charge is -2.38. The van der Waals surface area contributed by atoms with Crippen LogP contribution >= 0.6 is 12.2 Å². The highest BCUT2D eigenvalue weighted by atomic mass is 32.1. The van der Waals surface area contributed by atoms with Crippen LogP contribution < -0.4 is 5.73 Å². The third-order valence-corrected chi connectivity index (χ3v) is 4.63. The Morgan fingerprint density at radius 3 is 2.50 bits per heavy atom. The zero-order valence-corrected chi connectivity index (χ0v) is 12.7. The van der Waals surface area contributed by atoms with Gasteiger partial charge in [-0.1, -0.05) is 25.2 Å². The van der Waals surface area contributed by atoms with E-state index in [1.165, 1.54) is 0 Å². The van der Waals surface area contributed by atoms with Gasteiger partial charge < -0.3 is 15.7 Å². The van der Waals surface area contributed by atoms with Crippen LogP contribution in [0.2, 0.25) is 0 Å². The van der Waals surface area contributed by atoms with Crippen LogP contribution in [0.4, 0.5) is 0 Å². The molecule has 0 aliphatic carbocycles. The van der Waals surface area contributed by atoms with Gasteiger partial charge >= 0.3 is 0 Å². The summed E-state index contributed by atoms with van der Waals surface area (Å²) in [7, 11) is 0. The average molecular weight is 292 g/mol. The molecule has 0 atom stereocenters. The van der Waals surface area contributed by atoms with E-state index in [0.29, 0.717) is 23.6 Å². The van der Waals surface area contributed by atoms with Gasteiger partial charge in [-0.25, -0.2) is 0 Å². The first kappa shape index (κ1) is 14.8. The topological polar surface area (TPSA) is 66.6 Å². The molecule has 0 unspecified atom stereocenters. The van der Waals surface area contributed by atoms with E-state index >= 15 is 0 Å². The highest BCUT2D eigenvalue weighted by Gasteiger charge is 2.34. The smallest absolute Gasteiger partial charge is 0.257 e. The number of aryl methyl sites for hydroxylation is 1. The van der Waals surface area contributed by atoms with Gasteiger partial charge in [-0.15, -0.1) is 0 Å². The molecule has 0 aromatic heterocycles. The fraction of sp³-hybridized carbons (Fsp3) is 0.467. The van der Waals surface area contributed by atoms with Crippen molar-refractivity contribution in [3.8, 4) is 5.75 Å². The summed E-state index contributed by atoms with van der Waals surface area (Å²) in [6.45, 7) is 5.14. The van der Waals surface area contributed by atoms with Crippen molar-refractivity contribution in [1.82, 2.24) is 4.90 Å². The molecule has 3 N–H and O–H groups in total. The summed E-state index contributed by atoms with van der Waals surface area (Å²) in [6, 6.07) is 5.11. The molecule has 0 bridgehead atoms. The largest absolute Gasteiger partial charge is 0.507 e. The molecule has 1 heterocycles. The number of piperidine rings is 1. The fourth-order valence-electron chi connectivity index (χ4n) is 2.44. The maximum atomic E-state index is 12.4. The minimum atomic E-state index is -0.165. The van der Waals surface area contributed by atoms with Gasteiger partial charge in [0, 0.05) is 18.5 Å². The van der Waals surface area contributed by atoms with E-state index in [1.54, 1.807) is 17.0 Å². The summed E-state index contributed by atoms with van der Waals surface area (Å²) in [5.74, 6) is -0.0924. The first-order valence-corrected chi connectivity index (χ1v) is 7.13. The molecule has 1 aliphatic heterocycles. The Labute approximate surface area is 124 Å². The van der Waals surface area contributed by atoms with Crippen molar-refractivity contribution in [1.29, 1.82) is 0 Å². The predicted molar refractivity (Wildman–Crippen MR) is 82.9 cm³/mol. The molecule has 20 heavy (non-hydrogen) atoms. The molecular formula is C15H20N2O2S. The minimum Gasteiger partial charge on any atom is -0.507 e. The van der Waals surface area contributed by atoms with Crippen LogP contribution in [0, 0.1) is 12.3 Å². The number of thiocarbonyl (C=S) groups is 1. The lowest BCUT2D eigenvalue weighted by Crippen LogP contribution is -2.46. The van der Waals surface area contributed by atoms with Gasteiger partial charge in [-0.3, -0.25) is 4.79 Å². The molecule has 1 aromatic rings. The van der Waals surface area contributed by atoms with E-state index in [0.717, 1.165) is 18.4 Å². The predicted octanol–water partition coefficient (Wildman–Crippen LogP) is 2.23. The molecule has 0 saturated carbocycles. The number of phenols is 1. The number of amides is 1. The van der Waals surface area contributed by atoms with Gasteiger partial charge in [0.25, 0.3) is 5.91 Å². The van der Waals surface area contributed by atoms with Crippen LogP contribution in [0.3, 0.4) is 0 Å². The van der Waals surface area contributed by atoms with Crippen molar-refractivity contribution in [3.05, 3.63) is 29.3 Å². The highest BCUT2D eigenvalue weighted by Crippen LogP contribution is 2.32. The van der Waals surface area contributed by atoms with E-state index < -0.39 is 0 Å². The maximum absolute atomic E-state index is 12.4. The van der Waals surface area contributed by atoms with E-state index in [1.807, 2.05) is 19.9 Å². The second-order valence-corrected chi connectivity index (χ2v) is 6.18. The van der Waals surface area contributed by atoms with E-state index in [2.05, 4.69) is 0 Å². The Hall–Kier alpha value is -1.62. The Morgan fingerprint density at radius 1 is 1.40 bits per heavy atom. The molecule has 1 amide bonds. The summed E-state index contributed by atoms with van der Waals surface area (Å²) in [6.07, 6.45) is 1.53. The van der Waals surface area contributed by atoms with Crippen LogP contribution in [0.5, 0.6) is 5.75 Å². The van der Waals surface area contributed by atoms with Crippen LogP contribution in [-0.2, 0) is 0 Å². The van der Waals surface area contributed by atoms with Crippen LogP contribution in [-0.4, -0.2) is 34.0 Å². The Balaban J connectivity index is 2.11. The van der Waals surface area contributed by atoms with Gasteiger partial charge in [0.2, 0.25) is 0 Å². The number of hydrogen-bond donors (Lipinski definition) is 2. The first-order chi connectivity index (χ1) is 9.33. The summed E-state index contributed by atoms with van der Waals surface area (Å²) in [4.78, 5) is 14.7. The second-order valence-electron chi connectivity index (χ2n) is 5.74. The van der Waals surface area contributed by atoms with Crippen molar-refractivity contribution < 1.29 is 9.90 Å². The fourth-order valence-corrected chi connectivity index (χ4v) is 2.65. The number of nitrogens with zero attached hydrogens (tertiary/aromatic N) is 1. The first-order valence-electron chi connectivity index (χ1n) is 6.72. The molecule has 1 aromatic carbocycles. The number of benzene rings is 1. The number of carbonyl (C=O) groups excluding carboxylic acids is 1. The molecule has 0 spiro atoms. The van der Waals surface area contributed by atoms with Crippen molar-refractivity contribution in [2.45, 2.75) is 26.7 Å². The molecular weight excluding hydrogens is 272 g/mol. The quantitative estimate of drug-likeness (QED) is 0.820. The molecule has 1 aliphatic rings. The third kappa shape index (κ3) is 2.77. The average Bonchev–Trinajstić information content (AvgIpc) is 2.38. The third-order valence-electron chi connectivity index (χ3n) is 4.13. The Bertz CT molecular complexity index is 549. The Morgan fingerprint density at radius 2 is 2.00 bits per heavy atom. The minimum absolute atomic E-state index is 0.0395. The molecule has 4 nitrogen and oxygen atoms in total. The summed E-state index contributed by atoms with van der Waals surface area (Å²) >= 11 is 5.10. The molecule has 0 radical (unpaired) electrons. The number of phenolic OH excluding ortho intramolecular Hbond substituents is 1. The summed E-state index contributed by atoms with van der Waals surface area (Å²) in [5, 5.41) is 9.90. The lowest BCUT2D eigenvalue weighted by molar-refractivity contribution is 0.0667. The van der Waals surface area contributed by atoms with Gasteiger partial charge in [0.05, 0.1) is 10.6 Å². The highest BCUT2D eigenvalue weighted by molar-refractivity contribution is 7.80. The molecule has 2 rings (SSSR count). The maximum Gasteiger partial charge on any atom is 0.257 e. The van der Waals surface area contributed by atoms with E-state index in [9.17, 15) is 9.90 Å². The number of carbonyl (C=O) groups is 1. The second kappa shape index (κ2) is 5.40. The summed E-state index contributed by atoms with van der Waals surface area (Å²) in [5.41, 5.74) is 6.88. The number of nitrogens with two attached hydrogens (primary N) is 1. The van der Waals surface area contributed by atoms with Crippen molar-refractivity contribution in [3.63, 3.8) is 0 Å². The van der Waals surface area contributed by atoms with Gasteiger partial charge in [-0.05, 0) is 37.5 Å². The number of hydrogen-bond acceptors (Lipinski definition) is 3. The Kier molecular flexibility index (Phi) is 3.99. The van der Waals surface area contributed by atoms with Gasteiger partial charge in [-0.2, -0.15) is 0 Å². The zero-order valence-electron chi connectivity index (χ0n) is 11.8. The molecule has 1 saturated heterocycles. The normalized spacial score (nSPS) is 17.8. The lowest BCUT2D eigenvalue weighted by atomic mass is 9.80. The number of aromatic hydroxyl groups is 1. The van der Waals surface area contributed by atoms with E-state index in [-0.39, 0.29) is 17.1 Å². The molecule has 108 valence electrons. The summed E-state index contributed by atoms with van der Waals surface area (Å²) < 4.78 is 0. The van der Waals surface area contributed by atoms with Crippen molar-refractivity contribution in [2.75, 3.05) is 13.1 Å². The van der Waals surface area contributed by atoms with Crippen LogP contribution in [0.25, 0.3) is 0 Å². The molecule has 1 fully saturated rings. The van der Waals surface area contributed by atoms with Gasteiger partial charge in [0.1, 0.15) is 5.75 Å². The number of rotatable bonds is 2.